The van der Waals surface area contributed by atoms with E-state index in [1.807, 2.05) is 6.07 Å². The Labute approximate surface area is 167 Å². The van der Waals surface area contributed by atoms with E-state index in [9.17, 15) is 4.79 Å². The summed E-state index contributed by atoms with van der Waals surface area (Å²) in [6.45, 7) is 4.88. The van der Waals surface area contributed by atoms with Gasteiger partial charge in [0.05, 0.1) is 19.1 Å². The molecule has 2 aliphatic heterocycles. The molecular formula is C23H29N3O2. The van der Waals surface area contributed by atoms with E-state index in [1.54, 1.807) is 0 Å². The van der Waals surface area contributed by atoms with Crippen molar-refractivity contribution in [1.82, 2.24) is 15.5 Å². The summed E-state index contributed by atoms with van der Waals surface area (Å²) in [7, 11) is 0. The molecule has 2 aromatic rings. The van der Waals surface area contributed by atoms with Crippen LogP contribution in [0.25, 0.3) is 0 Å². The van der Waals surface area contributed by atoms with Crippen LogP contribution in [-0.2, 0) is 22.5 Å². The first-order valence-electron chi connectivity index (χ1n) is 10.2. The van der Waals surface area contributed by atoms with Gasteiger partial charge in [-0.25, -0.2) is 0 Å². The normalized spacial score (nSPS) is 22.4. The monoisotopic (exact) mass is 379 g/mol. The van der Waals surface area contributed by atoms with Crippen molar-refractivity contribution in [2.75, 3.05) is 32.8 Å². The van der Waals surface area contributed by atoms with E-state index >= 15 is 0 Å². The molecule has 2 heterocycles. The molecule has 0 aromatic heterocycles. The summed E-state index contributed by atoms with van der Waals surface area (Å²) < 4.78 is 5.85. The molecule has 0 spiro atoms. The highest BCUT2D eigenvalue weighted by molar-refractivity contribution is 5.76. The fraction of sp³-hybridized carbons (Fsp3) is 0.435. The predicted molar refractivity (Wildman–Crippen MR) is 110 cm³/mol. The first kappa shape index (κ1) is 19.1. The number of benzene rings is 2. The van der Waals surface area contributed by atoms with Crippen LogP contribution in [0.3, 0.4) is 0 Å². The second-order valence-electron chi connectivity index (χ2n) is 7.68. The van der Waals surface area contributed by atoms with E-state index in [1.165, 1.54) is 16.7 Å². The zero-order valence-corrected chi connectivity index (χ0v) is 16.3. The Balaban J connectivity index is 1.25. The van der Waals surface area contributed by atoms with Crippen LogP contribution in [-0.4, -0.2) is 49.7 Å². The van der Waals surface area contributed by atoms with Gasteiger partial charge >= 0.3 is 0 Å². The molecular weight excluding hydrogens is 350 g/mol. The SMILES string of the molecule is O=C(CC1CN(Cc2ccccc2)CCO1)NCC1NCCc2ccccc21. The Morgan fingerprint density at radius 3 is 2.86 bits per heavy atom. The zero-order chi connectivity index (χ0) is 19.2. The Morgan fingerprint density at radius 1 is 1.14 bits per heavy atom. The molecule has 2 N–H and O–H groups in total. The van der Waals surface area contributed by atoms with E-state index in [4.69, 9.17) is 4.74 Å². The van der Waals surface area contributed by atoms with E-state index in [2.05, 4.69) is 64.1 Å². The van der Waals surface area contributed by atoms with Crippen LogP contribution in [0, 0.1) is 0 Å². The van der Waals surface area contributed by atoms with Crippen molar-refractivity contribution in [3.05, 3.63) is 71.3 Å². The molecule has 28 heavy (non-hydrogen) atoms. The van der Waals surface area contributed by atoms with Gasteiger partial charge in [-0.1, -0.05) is 54.6 Å². The molecule has 5 nitrogen and oxygen atoms in total. The number of hydrogen-bond donors (Lipinski definition) is 2. The Hall–Kier alpha value is -2.21. The van der Waals surface area contributed by atoms with Crippen molar-refractivity contribution in [2.24, 2.45) is 0 Å². The maximum Gasteiger partial charge on any atom is 0.222 e. The lowest BCUT2D eigenvalue weighted by Crippen LogP contribution is -2.45. The van der Waals surface area contributed by atoms with Crippen LogP contribution < -0.4 is 10.6 Å². The second-order valence-corrected chi connectivity index (χ2v) is 7.68. The summed E-state index contributed by atoms with van der Waals surface area (Å²) in [4.78, 5) is 14.9. The average molecular weight is 380 g/mol. The summed E-state index contributed by atoms with van der Waals surface area (Å²) in [5.74, 6) is 0.0661. The Morgan fingerprint density at radius 2 is 1.96 bits per heavy atom. The van der Waals surface area contributed by atoms with Crippen molar-refractivity contribution in [3.8, 4) is 0 Å². The molecule has 4 rings (SSSR count). The van der Waals surface area contributed by atoms with Gasteiger partial charge in [-0.15, -0.1) is 0 Å². The van der Waals surface area contributed by atoms with Crippen molar-refractivity contribution >= 4 is 5.91 Å². The van der Waals surface area contributed by atoms with Gasteiger partial charge in [-0.3, -0.25) is 9.69 Å². The number of fused-ring (bicyclic) bond motifs is 1. The van der Waals surface area contributed by atoms with Gasteiger partial charge in [0.25, 0.3) is 0 Å². The number of nitrogens with one attached hydrogen (secondary N) is 2. The molecule has 2 unspecified atom stereocenters. The van der Waals surface area contributed by atoms with E-state index in [-0.39, 0.29) is 18.1 Å². The van der Waals surface area contributed by atoms with E-state index in [0.717, 1.165) is 32.6 Å². The summed E-state index contributed by atoms with van der Waals surface area (Å²) in [5, 5.41) is 6.62. The number of rotatable bonds is 6. The highest BCUT2D eigenvalue weighted by Gasteiger charge is 2.24. The fourth-order valence-electron chi connectivity index (χ4n) is 4.16. The zero-order valence-electron chi connectivity index (χ0n) is 16.3. The molecule has 1 saturated heterocycles. The quantitative estimate of drug-likeness (QED) is 0.809. The maximum absolute atomic E-state index is 12.5. The standard InChI is InChI=1S/C23H29N3O2/c27-23(25-15-22-21-9-5-4-8-19(21)10-11-24-22)14-20-17-26(12-13-28-20)16-18-6-2-1-3-7-18/h1-9,20,22,24H,10-17H2,(H,25,27). The Bertz CT molecular complexity index is 780. The molecule has 148 valence electrons. The van der Waals surface area contributed by atoms with Gasteiger partial charge in [-0.2, -0.15) is 0 Å². The first-order valence-corrected chi connectivity index (χ1v) is 10.2. The predicted octanol–water partition coefficient (Wildman–Crippen LogP) is 2.28. The third kappa shape index (κ3) is 4.98. The van der Waals surface area contributed by atoms with Crippen LogP contribution in [0.2, 0.25) is 0 Å². The number of hydrogen-bond acceptors (Lipinski definition) is 4. The minimum atomic E-state index is -0.0379. The van der Waals surface area contributed by atoms with Gasteiger partial charge in [-0.05, 0) is 29.7 Å². The van der Waals surface area contributed by atoms with Crippen LogP contribution >= 0.6 is 0 Å². The third-order valence-electron chi connectivity index (χ3n) is 5.60. The lowest BCUT2D eigenvalue weighted by atomic mass is 9.94. The maximum atomic E-state index is 12.5. The fourth-order valence-corrected chi connectivity index (χ4v) is 4.16. The van der Waals surface area contributed by atoms with Crippen LogP contribution in [0.4, 0.5) is 0 Å². The molecule has 0 radical (unpaired) electrons. The molecule has 0 saturated carbocycles. The molecule has 5 heteroatoms. The van der Waals surface area contributed by atoms with Crippen molar-refractivity contribution in [2.45, 2.75) is 31.5 Å². The largest absolute Gasteiger partial charge is 0.375 e. The smallest absolute Gasteiger partial charge is 0.222 e. The lowest BCUT2D eigenvalue weighted by molar-refractivity contribution is -0.126. The van der Waals surface area contributed by atoms with Crippen molar-refractivity contribution in [1.29, 1.82) is 0 Å². The van der Waals surface area contributed by atoms with Gasteiger partial charge < -0.3 is 15.4 Å². The Kier molecular flexibility index (Phi) is 6.37. The van der Waals surface area contributed by atoms with Gasteiger partial charge in [0.15, 0.2) is 0 Å². The van der Waals surface area contributed by atoms with Gasteiger partial charge in [0, 0.05) is 32.2 Å². The van der Waals surface area contributed by atoms with Crippen LogP contribution in [0.5, 0.6) is 0 Å². The second kappa shape index (κ2) is 9.32. The summed E-state index contributed by atoms with van der Waals surface area (Å²) >= 11 is 0. The minimum Gasteiger partial charge on any atom is -0.375 e. The molecule has 0 aliphatic carbocycles. The molecule has 2 atom stereocenters. The lowest BCUT2D eigenvalue weighted by Gasteiger charge is -2.33. The molecule has 1 amide bonds. The summed E-state index contributed by atoms with van der Waals surface area (Å²) in [6, 6.07) is 19.1. The first-order chi connectivity index (χ1) is 13.8. The topological polar surface area (TPSA) is 53.6 Å². The van der Waals surface area contributed by atoms with Crippen LogP contribution in [0.15, 0.2) is 54.6 Å². The molecule has 1 fully saturated rings. The highest BCUT2D eigenvalue weighted by Crippen LogP contribution is 2.22. The van der Waals surface area contributed by atoms with E-state index in [0.29, 0.717) is 19.6 Å². The van der Waals surface area contributed by atoms with Crippen molar-refractivity contribution < 1.29 is 9.53 Å². The van der Waals surface area contributed by atoms with Gasteiger partial charge in [0.1, 0.15) is 0 Å². The number of nitrogens with zero attached hydrogens (tertiary/aromatic N) is 1. The number of carbonyl (C=O) groups is 1. The van der Waals surface area contributed by atoms with Gasteiger partial charge in [0.2, 0.25) is 5.91 Å². The molecule has 2 aromatic carbocycles. The number of morpholine rings is 1. The minimum absolute atomic E-state index is 0.0379. The number of carbonyl (C=O) groups excluding carboxylic acids is 1. The number of amides is 1. The van der Waals surface area contributed by atoms with Crippen LogP contribution in [0.1, 0.15) is 29.2 Å². The summed E-state index contributed by atoms with van der Waals surface area (Å²) in [6.07, 6.45) is 1.43. The molecule has 0 bridgehead atoms. The molecule has 2 aliphatic rings. The summed E-state index contributed by atoms with van der Waals surface area (Å²) in [5.41, 5.74) is 3.99. The highest BCUT2D eigenvalue weighted by atomic mass is 16.5. The average Bonchev–Trinajstić information content (AvgIpc) is 2.73. The third-order valence-corrected chi connectivity index (χ3v) is 5.60. The van der Waals surface area contributed by atoms with E-state index < -0.39 is 0 Å². The van der Waals surface area contributed by atoms with Crippen molar-refractivity contribution in [3.63, 3.8) is 0 Å². The number of ether oxygens (including phenoxy) is 1.